The lowest BCUT2D eigenvalue weighted by Gasteiger charge is -2.10. The zero-order valence-electron chi connectivity index (χ0n) is 9.54. The van der Waals surface area contributed by atoms with Crippen molar-refractivity contribution in [1.29, 1.82) is 0 Å². The molecule has 0 atom stereocenters. The highest BCUT2D eigenvalue weighted by Crippen LogP contribution is 2.27. The van der Waals surface area contributed by atoms with Crippen LogP contribution in [0.3, 0.4) is 0 Å². The van der Waals surface area contributed by atoms with E-state index < -0.39 is 10.0 Å². The Morgan fingerprint density at radius 2 is 2.05 bits per heavy atom. The van der Waals surface area contributed by atoms with E-state index in [-0.39, 0.29) is 16.3 Å². The predicted octanol–water partition coefficient (Wildman–Crippen LogP) is 1.93. The van der Waals surface area contributed by atoms with Crippen molar-refractivity contribution in [2.45, 2.75) is 4.90 Å². The molecule has 19 heavy (non-hydrogen) atoms. The van der Waals surface area contributed by atoms with E-state index in [9.17, 15) is 13.5 Å². The number of halogens is 1. The van der Waals surface area contributed by atoms with Gasteiger partial charge in [0.15, 0.2) is 0 Å². The summed E-state index contributed by atoms with van der Waals surface area (Å²) in [6.45, 7) is 0. The lowest BCUT2D eigenvalue weighted by molar-refractivity contribution is 0.477. The van der Waals surface area contributed by atoms with Crippen molar-refractivity contribution >= 4 is 37.3 Å². The second kappa shape index (κ2) is 5.06. The average molecular weight is 344 g/mol. The molecular weight excluding hydrogens is 334 g/mol. The van der Waals surface area contributed by atoms with Crippen LogP contribution >= 0.6 is 15.9 Å². The first-order valence-electron chi connectivity index (χ1n) is 5.11. The number of hydrogen-bond donors (Lipinski definition) is 3. The second-order valence-corrected chi connectivity index (χ2v) is 6.22. The van der Waals surface area contributed by atoms with Gasteiger partial charge >= 0.3 is 0 Å². The Morgan fingerprint density at radius 1 is 1.32 bits per heavy atom. The summed E-state index contributed by atoms with van der Waals surface area (Å²) in [5, 5.41) is 9.29. The number of sulfonamides is 1. The van der Waals surface area contributed by atoms with Gasteiger partial charge in [0.2, 0.25) is 0 Å². The first kappa shape index (κ1) is 13.6. The van der Waals surface area contributed by atoms with Crippen molar-refractivity contribution < 1.29 is 13.5 Å². The van der Waals surface area contributed by atoms with E-state index in [2.05, 4.69) is 25.6 Å². The number of nitrogen functional groups attached to an aromatic ring is 1. The molecule has 4 N–H and O–H groups in total. The maximum Gasteiger partial charge on any atom is 0.262 e. The summed E-state index contributed by atoms with van der Waals surface area (Å²) in [5.41, 5.74) is 5.84. The number of anilines is 2. The van der Waals surface area contributed by atoms with Crippen molar-refractivity contribution in [3.63, 3.8) is 0 Å². The fourth-order valence-electron chi connectivity index (χ4n) is 1.36. The fraction of sp³-hybridized carbons (Fsp3) is 0. The lowest BCUT2D eigenvalue weighted by Crippen LogP contribution is -2.13. The van der Waals surface area contributed by atoms with Crippen molar-refractivity contribution in [3.05, 3.63) is 41.1 Å². The van der Waals surface area contributed by atoms with Gasteiger partial charge in [0, 0.05) is 12.4 Å². The van der Waals surface area contributed by atoms with Crippen LogP contribution in [0.2, 0.25) is 0 Å². The quantitative estimate of drug-likeness (QED) is 0.583. The summed E-state index contributed by atoms with van der Waals surface area (Å²) < 4.78 is 27.2. The molecular formula is C11H10BrN3O3S. The van der Waals surface area contributed by atoms with Crippen molar-refractivity contribution in [3.8, 4) is 5.75 Å². The molecule has 6 nitrogen and oxygen atoms in total. The lowest BCUT2D eigenvalue weighted by atomic mass is 10.3. The van der Waals surface area contributed by atoms with E-state index in [0.717, 1.165) is 0 Å². The van der Waals surface area contributed by atoms with E-state index in [0.29, 0.717) is 10.2 Å². The Morgan fingerprint density at radius 3 is 2.68 bits per heavy atom. The summed E-state index contributed by atoms with van der Waals surface area (Å²) in [5.74, 6) is -0.163. The maximum atomic E-state index is 12.1. The minimum atomic E-state index is -3.77. The highest BCUT2D eigenvalue weighted by atomic mass is 79.9. The minimum absolute atomic E-state index is 0.00308. The minimum Gasteiger partial charge on any atom is -0.506 e. The Labute approximate surface area is 118 Å². The number of nitrogens with one attached hydrogen (secondary N) is 1. The third kappa shape index (κ3) is 2.96. The van der Waals surface area contributed by atoms with Crippen LogP contribution in [-0.2, 0) is 10.0 Å². The van der Waals surface area contributed by atoms with Gasteiger partial charge in [-0.15, -0.1) is 0 Å². The predicted molar refractivity (Wildman–Crippen MR) is 75.3 cm³/mol. The monoisotopic (exact) mass is 343 g/mol. The molecule has 0 saturated heterocycles. The summed E-state index contributed by atoms with van der Waals surface area (Å²) in [7, 11) is -3.77. The smallest absolute Gasteiger partial charge is 0.262 e. The van der Waals surface area contributed by atoms with Gasteiger partial charge in [0.25, 0.3) is 10.0 Å². The zero-order valence-corrected chi connectivity index (χ0v) is 11.9. The van der Waals surface area contributed by atoms with Crippen LogP contribution in [0.1, 0.15) is 0 Å². The Kier molecular flexibility index (Phi) is 3.63. The highest BCUT2D eigenvalue weighted by molar-refractivity contribution is 9.10. The molecule has 0 fully saturated rings. The molecule has 0 unspecified atom stereocenters. The fourth-order valence-corrected chi connectivity index (χ4v) is 2.96. The molecule has 0 radical (unpaired) electrons. The topological polar surface area (TPSA) is 105 Å². The Bertz CT molecular complexity index is 719. The maximum absolute atomic E-state index is 12.1. The number of phenols is 1. The van der Waals surface area contributed by atoms with Gasteiger partial charge in [0.05, 0.1) is 20.7 Å². The van der Waals surface area contributed by atoms with Crippen LogP contribution in [0, 0.1) is 0 Å². The summed E-state index contributed by atoms with van der Waals surface area (Å²) in [6.07, 6.45) is 2.94. The standard InChI is InChI=1S/C11H10BrN3O3S/c12-8-6-14-4-3-10(8)15-19(17,18)7-1-2-11(16)9(13)5-7/h1-6,16H,13H2,(H,14,15). The molecule has 2 rings (SSSR count). The number of nitrogens with zero attached hydrogens (tertiary/aromatic N) is 1. The molecule has 1 aromatic carbocycles. The second-order valence-electron chi connectivity index (χ2n) is 3.68. The molecule has 0 amide bonds. The molecule has 0 aliphatic heterocycles. The number of hydrogen-bond acceptors (Lipinski definition) is 5. The third-order valence-corrected chi connectivity index (χ3v) is 4.32. The summed E-state index contributed by atoms with van der Waals surface area (Å²) in [4.78, 5) is 3.80. The van der Waals surface area contributed by atoms with Gasteiger partial charge < -0.3 is 10.8 Å². The van der Waals surface area contributed by atoms with Crippen LogP contribution in [0.15, 0.2) is 46.0 Å². The largest absolute Gasteiger partial charge is 0.506 e. The molecule has 1 aromatic heterocycles. The van der Waals surface area contributed by atoms with E-state index >= 15 is 0 Å². The van der Waals surface area contributed by atoms with Crippen molar-refractivity contribution in [2.75, 3.05) is 10.5 Å². The summed E-state index contributed by atoms with van der Waals surface area (Å²) in [6, 6.07) is 5.20. The van der Waals surface area contributed by atoms with Gasteiger partial charge in [-0.05, 0) is 40.2 Å². The molecule has 0 saturated carbocycles. The molecule has 100 valence electrons. The van der Waals surface area contributed by atoms with Gasteiger partial charge in [0.1, 0.15) is 5.75 Å². The number of phenolic OH excluding ortho intramolecular Hbond substituents is 1. The van der Waals surface area contributed by atoms with Crippen LogP contribution in [0.4, 0.5) is 11.4 Å². The Hall–Kier alpha value is -1.80. The zero-order chi connectivity index (χ0) is 14.0. The Balaban J connectivity index is 2.38. The molecule has 0 aliphatic rings. The number of rotatable bonds is 3. The van der Waals surface area contributed by atoms with Gasteiger partial charge in [-0.3, -0.25) is 9.71 Å². The van der Waals surface area contributed by atoms with Crippen LogP contribution < -0.4 is 10.5 Å². The van der Waals surface area contributed by atoms with Crippen LogP contribution in [0.5, 0.6) is 5.75 Å². The van der Waals surface area contributed by atoms with Crippen molar-refractivity contribution in [1.82, 2.24) is 4.98 Å². The van der Waals surface area contributed by atoms with E-state index in [1.54, 1.807) is 0 Å². The molecule has 1 heterocycles. The van der Waals surface area contributed by atoms with Crippen LogP contribution in [-0.4, -0.2) is 18.5 Å². The normalized spacial score (nSPS) is 11.2. The number of aromatic nitrogens is 1. The summed E-state index contributed by atoms with van der Waals surface area (Å²) >= 11 is 3.19. The molecule has 8 heteroatoms. The molecule has 2 aromatic rings. The number of pyridine rings is 1. The van der Waals surface area contributed by atoms with Gasteiger partial charge in [-0.25, -0.2) is 8.42 Å². The number of nitrogens with two attached hydrogens (primary N) is 1. The first-order chi connectivity index (χ1) is 8.90. The van der Waals surface area contributed by atoms with Gasteiger partial charge in [-0.2, -0.15) is 0 Å². The van der Waals surface area contributed by atoms with Gasteiger partial charge in [-0.1, -0.05) is 0 Å². The van der Waals surface area contributed by atoms with Crippen LogP contribution in [0.25, 0.3) is 0 Å². The molecule has 0 spiro atoms. The average Bonchev–Trinajstić information content (AvgIpc) is 2.35. The SMILES string of the molecule is Nc1cc(S(=O)(=O)Nc2ccncc2Br)ccc1O. The number of benzene rings is 1. The molecule has 0 aliphatic carbocycles. The first-order valence-corrected chi connectivity index (χ1v) is 7.38. The van der Waals surface area contributed by atoms with E-state index in [4.69, 9.17) is 5.73 Å². The van der Waals surface area contributed by atoms with E-state index in [1.165, 1.54) is 36.7 Å². The molecule has 0 bridgehead atoms. The van der Waals surface area contributed by atoms with E-state index in [1.807, 2.05) is 0 Å². The number of aromatic hydroxyl groups is 1. The van der Waals surface area contributed by atoms with Crippen molar-refractivity contribution in [2.24, 2.45) is 0 Å². The highest BCUT2D eigenvalue weighted by Gasteiger charge is 2.16. The third-order valence-electron chi connectivity index (χ3n) is 2.33.